The van der Waals surface area contributed by atoms with Gasteiger partial charge in [-0.2, -0.15) is 0 Å². The molecule has 0 unspecified atom stereocenters. The summed E-state index contributed by atoms with van der Waals surface area (Å²) in [5.41, 5.74) is 1.47. The summed E-state index contributed by atoms with van der Waals surface area (Å²) in [6.07, 6.45) is 0. The first-order valence-corrected chi connectivity index (χ1v) is 5.82. The summed E-state index contributed by atoms with van der Waals surface area (Å²) in [4.78, 5) is 0. The number of halogens is 2. The first kappa shape index (κ1) is 12.9. The molecule has 2 aromatic rings. The average Bonchev–Trinajstić information content (AvgIpc) is 2.40. The Kier molecular flexibility index (Phi) is 3.89. The molecular formula is C12H10Cl2N2O2. The normalized spacial score (nSPS) is 10.2. The van der Waals surface area contributed by atoms with Crippen LogP contribution in [0.2, 0.25) is 10.3 Å². The lowest BCUT2D eigenvalue weighted by Crippen LogP contribution is -1.91. The van der Waals surface area contributed by atoms with Gasteiger partial charge in [-0.05, 0) is 23.8 Å². The van der Waals surface area contributed by atoms with Crippen LogP contribution in [0, 0.1) is 0 Å². The number of aromatic nitrogens is 2. The van der Waals surface area contributed by atoms with E-state index in [9.17, 15) is 0 Å². The molecule has 0 spiro atoms. The molecule has 0 atom stereocenters. The lowest BCUT2D eigenvalue weighted by atomic mass is 10.1. The second kappa shape index (κ2) is 5.42. The Morgan fingerprint density at radius 2 is 1.50 bits per heavy atom. The van der Waals surface area contributed by atoms with E-state index in [1.807, 2.05) is 12.1 Å². The van der Waals surface area contributed by atoms with Gasteiger partial charge >= 0.3 is 0 Å². The molecule has 6 heteroatoms. The number of hydrogen-bond donors (Lipinski definition) is 0. The molecule has 1 aromatic carbocycles. The predicted molar refractivity (Wildman–Crippen MR) is 70.6 cm³/mol. The van der Waals surface area contributed by atoms with Gasteiger partial charge in [-0.1, -0.05) is 23.2 Å². The van der Waals surface area contributed by atoms with Crippen LogP contribution in [0.15, 0.2) is 24.3 Å². The van der Waals surface area contributed by atoms with Crippen molar-refractivity contribution in [2.45, 2.75) is 0 Å². The Labute approximate surface area is 114 Å². The van der Waals surface area contributed by atoms with Gasteiger partial charge in [0.25, 0.3) is 0 Å². The van der Waals surface area contributed by atoms with Crippen LogP contribution in [0.4, 0.5) is 0 Å². The third-order valence-corrected chi connectivity index (χ3v) is 2.85. The fourth-order valence-corrected chi connectivity index (χ4v) is 1.87. The summed E-state index contributed by atoms with van der Waals surface area (Å²) >= 11 is 11.8. The monoisotopic (exact) mass is 284 g/mol. The second-order valence-electron chi connectivity index (χ2n) is 3.47. The van der Waals surface area contributed by atoms with E-state index in [2.05, 4.69) is 10.2 Å². The molecule has 1 aromatic heterocycles. The predicted octanol–water partition coefficient (Wildman–Crippen LogP) is 3.47. The summed E-state index contributed by atoms with van der Waals surface area (Å²) < 4.78 is 10.4. The first-order valence-electron chi connectivity index (χ1n) is 5.06. The smallest absolute Gasteiger partial charge is 0.159 e. The van der Waals surface area contributed by atoms with E-state index in [0.29, 0.717) is 17.1 Å². The molecule has 0 bridgehead atoms. The fraction of sp³-hybridized carbons (Fsp3) is 0.167. The Morgan fingerprint density at radius 1 is 0.889 bits per heavy atom. The zero-order chi connectivity index (χ0) is 13.1. The van der Waals surface area contributed by atoms with Crippen molar-refractivity contribution >= 4 is 23.2 Å². The Bertz CT molecular complexity index is 554. The van der Waals surface area contributed by atoms with Crippen LogP contribution in [-0.4, -0.2) is 24.4 Å². The molecule has 4 nitrogen and oxygen atoms in total. The number of benzene rings is 1. The summed E-state index contributed by atoms with van der Waals surface area (Å²) in [5.74, 6) is 1.32. The lowest BCUT2D eigenvalue weighted by Gasteiger charge is -2.09. The molecule has 0 amide bonds. The van der Waals surface area contributed by atoms with Crippen molar-refractivity contribution in [3.63, 3.8) is 0 Å². The highest BCUT2D eigenvalue weighted by molar-refractivity contribution is 6.33. The van der Waals surface area contributed by atoms with Crippen molar-refractivity contribution < 1.29 is 9.47 Å². The van der Waals surface area contributed by atoms with Crippen LogP contribution >= 0.6 is 23.2 Å². The number of methoxy groups -OCH3 is 2. The molecule has 0 aliphatic heterocycles. The van der Waals surface area contributed by atoms with E-state index in [-0.39, 0.29) is 10.3 Å². The van der Waals surface area contributed by atoms with Gasteiger partial charge in [0.15, 0.2) is 10.3 Å². The van der Waals surface area contributed by atoms with Crippen LogP contribution in [-0.2, 0) is 0 Å². The molecule has 0 saturated carbocycles. The standard InChI is InChI=1S/C12H10Cl2N2O2/c1-17-8-3-7(4-9(5-8)18-2)10-6-11(13)15-16-12(10)14/h3-6H,1-2H3. The summed E-state index contributed by atoms with van der Waals surface area (Å²) in [6.45, 7) is 0. The van der Waals surface area contributed by atoms with Gasteiger partial charge in [0.1, 0.15) is 11.5 Å². The minimum atomic E-state index is 0.273. The van der Waals surface area contributed by atoms with Crippen molar-refractivity contribution in [2.24, 2.45) is 0 Å². The maximum Gasteiger partial charge on any atom is 0.159 e. The highest BCUT2D eigenvalue weighted by Crippen LogP contribution is 2.33. The molecule has 1 heterocycles. The van der Waals surface area contributed by atoms with E-state index in [1.165, 1.54) is 0 Å². The number of rotatable bonds is 3. The molecule has 0 aliphatic rings. The number of ether oxygens (including phenoxy) is 2. The highest BCUT2D eigenvalue weighted by atomic mass is 35.5. The zero-order valence-corrected chi connectivity index (χ0v) is 11.3. The molecule has 94 valence electrons. The SMILES string of the molecule is COc1cc(OC)cc(-c2cc(Cl)nnc2Cl)c1. The highest BCUT2D eigenvalue weighted by Gasteiger charge is 2.10. The molecule has 2 rings (SSSR count). The van der Waals surface area contributed by atoms with Gasteiger partial charge in [0, 0.05) is 11.6 Å². The fourth-order valence-electron chi connectivity index (χ4n) is 1.52. The largest absolute Gasteiger partial charge is 0.497 e. The van der Waals surface area contributed by atoms with Crippen LogP contribution in [0.5, 0.6) is 11.5 Å². The van der Waals surface area contributed by atoms with Crippen LogP contribution in [0.1, 0.15) is 0 Å². The maximum atomic E-state index is 6.01. The molecular weight excluding hydrogens is 275 g/mol. The van der Waals surface area contributed by atoms with Crippen molar-refractivity contribution in [1.29, 1.82) is 0 Å². The Hall–Kier alpha value is -1.52. The topological polar surface area (TPSA) is 44.2 Å². The van der Waals surface area contributed by atoms with E-state index < -0.39 is 0 Å². The van der Waals surface area contributed by atoms with Gasteiger partial charge in [-0.25, -0.2) is 0 Å². The molecule has 18 heavy (non-hydrogen) atoms. The molecule has 0 radical (unpaired) electrons. The van der Waals surface area contributed by atoms with Crippen LogP contribution < -0.4 is 9.47 Å². The average molecular weight is 285 g/mol. The van der Waals surface area contributed by atoms with Gasteiger partial charge in [0.05, 0.1) is 14.2 Å². The van der Waals surface area contributed by atoms with Crippen LogP contribution in [0.25, 0.3) is 11.1 Å². The number of hydrogen-bond acceptors (Lipinski definition) is 4. The van der Waals surface area contributed by atoms with Gasteiger partial charge in [-0.3, -0.25) is 0 Å². The summed E-state index contributed by atoms with van der Waals surface area (Å²) in [5, 5.41) is 7.99. The minimum Gasteiger partial charge on any atom is -0.497 e. The Morgan fingerprint density at radius 3 is 2.06 bits per heavy atom. The first-order chi connectivity index (χ1) is 8.63. The summed E-state index contributed by atoms with van der Waals surface area (Å²) in [7, 11) is 3.16. The third kappa shape index (κ3) is 2.66. The molecule has 0 N–H and O–H groups in total. The molecule has 0 aliphatic carbocycles. The zero-order valence-electron chi connectivity index (χ0n) is 9.78. The maximum absolute atomic E-state index is 6.01. The van der Waals surface area contributed by atoms with Crippen molar-refractivity contribution in [3.8, 4) is 22.6 Å². The summed E-state index contributed by atoms with van der Waals surface area (Å²) in [6, 6.07) is 7.06. The van der Waals surface area contributed by atoms with Crippen molar-refractivity contribution in [2.75, 3.05) is 14.2 Å². The van der Waals surface area contributed by atoms with Crippen molar-refractivity contribution in [1.82, 2.24) is 10.2 Å². The van der Waals surface area contributed by atoms with E-state index in [1.54, 1.807) is 26.4 Å². The van der Waals surface area contributed by atoms with Gasteiger partial charge in [0.2, 0.25) is 0 Å². The third-order valence-electron chi connectivity index (χ3n) is 2.38. The van der Waals surface area contributed by atoms with Crippen molar-refractivity contribution in [3.05, 3.63) is 34.6 Å². The minimum absolute atomic E-state index is 0.273. The number of nitrogens with zero attached hydrogens (tertiary/aromatic N) is 2. The molecule has 0 fully saturated rings. The van der Waals surface area contributed by atoms with Gasteiger partial charge in [-0.15, -0.1) is 10.2 Å². The van der Waals surface area contributed by atoms with Gasteiger partial charge < -0.3 is 9.47 Å². The quantitative estimate of drug-likeness (QED) is 0.866. The molecule has 0 saturated heterocycles. The van der Waals surface area contributed by atoms with E-state index >= 15 is 0 Å². The lowest BCUT2D eigenvalue weighted by molar-refractivity contribution is 0.394. The van der Waals surface area contributed by atoms with Crippen LogP contribution in [0.3, 0.4) is 0 Å². The second-order valence-corrected chi connectivity index (χ2v) is 4.22. The van der Waals surface area contributed by atoms with E-state index in [4.69, 9.17) is 32.7 Å². The van der Waals surface area contributed by atoms with E-state index in [0.717, 1.165) is 5.56 Å². The Balaban J connectivity index is 2.58.